The number of nitrogens with zero attached hydrogens (tertiary/aromatic N) is 2. The summed E-state index contributed by atoms with van der Waals surface area (Å²) in [4.78, 5) is 12.5. The fourth-order valence-corrected chi connectivity index (χ4v) is 4.33. The van der Waals surface area contributed by atoms with Crippen LogP contribution in [0.4, 0.5) is 5.69 Å². The zero-order valence-electron chi connectivity index (χ0n) is 18.6. The molecular formula is C23H31N3O3S. The average molecular weight is 430 g/mol. The molecule has 0 saturated carbocycles. The first-order valence-corrected chi connectivity index (χ1v) is 11.7. The standard InChI is InChI=1S/C23H31N3O3S/c1-17-12-18(2)14-21(13-17)26(30(6,28)29)16-22(27)25-24-19(3)15-23(4,5)20-10-8-7-9-11-20/h7-14H,15-16H2,1-6H3,(H,25,27)/b24-19-. The maximum absolute atomic E-state index is 12.5. The van der Waals surface area contributed by atoms with Crippen LogP contribution in [0.2, 0.25) is 0 Å². The highest BCUT2D eigenvalue weighted by atomic mass is 32.2. The number of hydrogen-bond donors (Lipinski definition) is 1. The molecule has 0 aliphatic rings. The van der Waals surface area contributed by atoms with Gasteiger partial charge in [-0.05, 0) is 61.4 Å². The van der Waals surface area contributed by atoms with Crippen LogP contribution >= 0.6 is 0 Å². The molecule has 0 fully saturated rings. The number of nitrogens with one attached hydrogen (secondary N) is 1. The van der Waals surface area contributed by atoms with E-state index in [0.717, 1.165) is 27.4 Å². The van der Waals surface area contributed by atoms with Gasteiger partial charge in [-0.3, -0.25) is 9.10 Å². The quantitative estimate of drug-likeness (QED) is 0.510. The molecule has 0 heterocycles. The molecular weight excluding hydrogens is 398 g/mol. The average Bonchev–Trinajstić information content (AvgIpc) is 2.63. The molecule has 0 spiro atoms. The van der Waals surface area contributed by atoms with Crippen LogP contribution in [0.25, 0.3) is 0 Å². The van der Waals surface area contributed by atoms with Gasteiger partial charge in [-0.2, -0.15) is 5.10 Å². The Bertz CT molecular complexity index is 1010. The molecule has 0 aromatic heterocycles. The van der Waals surface area contributed by atoms with Crippen LogP contribution in [-0.2, 0) is 20.2 Å². The fourth-order valence-electron chi connectivity index (χ4n) is 3.49. The molecule has 7 heteroatoms. The zero-order chi connectivity index (χ0) is 22.5. The van der Waals surface area contributed by atoms with Crippen molar-refractivity contribution in [1.29, 1.82) is 0 Å². The van der Waals surface area contributed by atoms with E-state index in [2.05, 4.69) is 36.5 Å². The van der Waals surface area contributed by atoms with Crippen molar-refractivity contribution in [2.24, 2.45) is 5.10 Å². The van der Waals surface area contributed by atoms with E-state index in [9.17, 15) is 13.2 Å². The molecule has 0 radical (unpaired) electrons. The van der Waals surface area contributed by atoms with E-state index < -0.39 is 15.9 Å². The molecule has 2 aromatic rings. The monoisotopic (exact) mass is 429 g/mol. The van der Waals surface area contributed by atoms with Crippen LogP contribution in [0.5, 0.6) is 0 Å². The summed E-state index contributed by atoms with van der Waals surface area (Å²) in [5.74, 6) is -0.489. The van der Waals surface area contributed by atoms with Gasteiger partial charge < -0.3 is 0 Å². The lowest BCUT2D eigenvalue weighted by Crippen LogP contribution is -2.39. The third-order valence-corrected chi connectivity index (χ3v) is 5.95. The smallest absolute Gasteiger partial charge is 0.260 e. The summed E-state index contributed by atoms with van der Waals surface area (Å²) in [7, 11) is -3.63. The van der Waals surface area contributed by atoms with Crippen LogP contribution in [0, 0.1) is 13.8 Å². The molecule has 2 aromatic carbocycles. The molecule has 1 amide bonds. The van der Waals surface area contributed by atoms with Crippen molar-refractivity contribution in [2.45, 2.75) is 46.5 Å². The number of aryl methyl sites for hydroxylation is 2. The van der Waals surface area contributed by atoms with Crippen LogP contribution in [-0.4, -0.2) is 32.8 Å². The summed E-state index contributed by atoms with van der Waals surface area (Å²) in [5.41, 5.74) is 6.62. The number of hydrogen-bond acceptors (Lipinski definition) is 4. The predicted molar refractivity (Wildman–Crippen MR) is 123 cm³/mol. The maximum atomic E-state index is 12.5. The Morgan fingerprint density at radius 3 is 2.17 bits per heavy atom. The second kappa shape index (κ2) is 9.43. The van der Waals surface area contributed by atoms with Crippen molar-refractivity contribution in [3.63, 3.8) is 0 Å². The van der Waals surface area contributed by atoms with E-state index in [0.29, 0.717) is 12.1 Å². The summed E-state index contributed by atoms with van der Waals surface area (Å²) >= 11 is 0. The second-order valence-corrected chi connectivity index (χ2v) is 10.3. The van der Waals surface area contributed by atoms with Crippen molar-refractivity contribution in [3.05, 3.63) is 65.2 Å². The van der Waals surface area contributed by atoms with Gasteiger partial charge >= 0.3 is 0 Å². The van der Waals surface area contributed by atoms with Gasteiger partial charge in [0.1, 0.15) is 6.54 Å². The van der Waals surface area contributed by atoms with Crippen molar-refractivity contribution in [3.8, 4) is 0 Å². The highest BCUT2D eigenvalue weighted by Crippen LogP contribution is 2.27. The predicted octanol–water partition coefficient (Wildman–Crippen LogP) is 3.93. The number of anilines is 1. The normalized spacial score (nSPS) is 12.5. The fraction of sp³-hybridized carbons (Fsp3) is 0.391. The first-order chi connectivity index (χ1) is 13.9. The largest absolute Gasteiger partial charge is 0.271 e. The lowest BCUT2D eigenvalue weighted by molar-refractivity contribution is -0.119. The minimum Gasteiger partial charge on any atom is -0.271 e. The zero-order valence-corrected chi connectivity index (χ0v) is 19.4. The Balaban J connectivity index is 2.10. The number of sulfonamides is 1. The number of benzene rings is 2. The third-order valence-electron chi connectivity index (χ3n) is 4.81. The van der Waals surface area contributed by atoms with Gasteiger partial charge in [-0.15, -0.1) is 0 Å². The van der Waals surface area contributed by atoms with E-state index in [1.165, 1.54) is 5.56 Å². The number of amides is 1. The first kappa shape index (κ1) is 23.6. The van der Waals surface area contributed by atoms with Crippen LogP contribution in [0.15, 0.2) is 53.6 Å². The molecule has 0 aliphatic heterocycles. The Morgan fingerprint density at radius 1 is 1.07 bits per heavy atom. The lowest BCUT2D eigenvalue weighted by atomic mass is 9.80. The second-order valence-electron chi connectivity index (χ2n) is 8.42. The summed E-state index contributed by atoms with van der Waals surface area (Å²) in [6.45, 7) is 9.53. The molecule has 162 valence electrons. The molecule has 0 atom stereocenters. The molecule has 0 saturated heterocycles. The van der Waals surface area contributed by atoms with Gasteiger partial charge in [0.15, 0.2) is 0 Å². The van der Waals surface area contributed by atoms with Gasteiger partial charge in [0.25, 0.3) is 5.91 Å². The summed E-state index contributed by atoms with van der Waals surface area (Å²) in [6.07, 6.45) is 1.75. The summed E-state index contributed by atoms with van der Waals surface area (Å²) < 4.78 is 25.7. The molecule has 6 nitrogen and oxygen atoms in total. The molecule has 1 N–H and O–H groups in total. The topological polar surface area (TPSA) is 78.8 Å². The van der Waals surface area contributed by atoms with Crippen molar-refractivity contribution < 1.29 is 13.2 Å². The molecule has 30 heavy (non-hydrogen) atoms. The van der Waals surface area contributed by atoms with Crippen LogP contribution < -0.4 is 9.73 Å². The van der Waals surface area contributed by atoms with Gasteiger partial charge in [0.2, 0.25) is 10.0 Å². The molecule has 0 bridgehead atoms. The number of rotatable bonds is 8. The van der Waals surface area contributed by atoms with Crippen molar-refractivity contribution in [2.75, 3.05) is 17.1 Å². The third kappa shape index (κ3) is 6.69. The highest BCUT2D eigenvalue weighted by Gasteiger charge is 2.23. The van der Waals surface area contributed by atoms with Crippen LogP contribution in [0.3, 0.4) is 0 Å². The SMILES string of the molecule is C/C(CC(C)(C)c1ccccc1)=N/NC(=O)CN(c1cc(C)cc(C)c1)S(C)(=O)=O. The van der Waals surface area contributed by atoms with E-state index >= 15 is 0 Å². The van der Waals surface area contributed by atoms with Crippen molar-refractivity contribution in [1.82, 2.24) is 5.43 Å². The van der Waals surface area contributed by atoms with Gasteiger partial charge in [-0.1, -0.05) is 50.2 Å². The maximum Gasteiger partial charge on any atom is 0.260 e. The minimum absolute atomic E-state index is 0.141. The number of carbonyl (C=O) groups is 1. The van der Waals surface area contributed by atoms with Gasteiger partial charge in [0, 0.05) is 5.71 Å². The molecule has 2 rings (SSSR count). The van der Waals surface area contributed by atoms with Crippen LogP contribution in [0.1, 0.15) is 43.9 Å². The Morgan fingerprint density at radius 2 is 1.63 bits per heavy atom. The van der Waals surface area contributed by atoms with E-state index in [1.54, 1.807) is 12.1 Å². The Kier molecular flexibility index (Phi) is 7.42. The summed E-state index contributed by atoms with van der Waals surface area (Å²) in [6, 6.07) is 15.6. The molecule has 0 aliphatic carbocycles. The van der Waals surface area contributed by atoms with Crippen molar-refractivity contribution >= 4 is 27.3 Å². The van der Waals surface area contributed by atoms with Gasteiger partial charge in [-0.25, -0.2) is 13.8 Å². The summed E-state index contributed by atoms with van der Waals surface area (Å²) in [5, 5.41) is 4.19. The Labute approximate surface area is 180 Å². The minimum atomic E-state index is -3.63. The van der Waals surface area contributed by atoms with E-state index in [4.69, 9.17) is 0 Å². The number of carbonyl (C=O) groups excluding carboxylic acids is 1. The highest BCUT2D eigenvalue weighted by molar-refractivity contribution is 7.92. The van der Waals surface area contributed by atoms with Gasteiger partial charge in [0.05, 0.1) is 11.9 Å². The van der Waals surface area contributed by atoms with E-state index in [-0.39, 0.29) is 12.0 Å². The Hall–Kier alpha value is -2.67. The van der Waals surface area contributed by atoms with E-state index in [1.807, 2.05) is 45.0 Å². The molecule has 0 unspecified atom stereocenters. The number of hydrazone groups is 1. The first-order valence-electron chi connectivity index (χ1n) is 9.82. The lowest BCUT2D eigenvalue weighted by Gasteiger charge is -2.25.